The fourth-order valence-electron chi connectivity index (χ4n) is 3.35. The lowest BCUT2D eigenvalue weighted by atomic mass is 9.92. The van der Waals surface area contributed by atoms with E-state index in [4.69, 9.17) is 0 Å². The SMILES string of the molecule is Cc1ncc(CNC(=O)NCCCCN2CC(C)CC(C)C2)s1. The van der Waals surface area contributed by atoms with Crippen LogP contribution in [0.3, 0.4) is 0 Å². The fourth-order valence-corrected chi connectivity index (χ4v) is 4.09. The van der Waals surface area contributed by atoms with E-state index in [-0.39, 0.29) is 6.03 Å². The van der Waals surface area contributed by atoms with Crippen LogP contribution in [0.15, 0.2) is 6.20 Å². The molecule has 2 heterocycles. The number of amides is 2. The highest BCUT2D eigenvalue weighted by Gasteiger charge is 2.20. The van der Waals surface area contributed by atoms with E-state index in [2.05, 4.69) is 34.4 Å². The van der Waals surface area contributed by atoms with Crippen LogP contribution in [0.4, 0.5) is 4.79 Å². The Kier molecular flexibility index (Phi) is 7.30. The summed E-state index contributed by atoms with van der Waals surface area (Å²) in [6.07, 6.45) is 5.36. The second kappa shape index (κ2) is 9.23. The molecule has 0 radical (unpaired) electrons. The summed E-state index contributed by atoms with van der Waals surface area (Å²) in [7, 11) is 0. The first-order valence-electron chi connectivity index (χ1n) is 8.68. The van der Waals surface area contributed by atoms with Crippen molar-refractivity contribution in [3.05, 3.63) is 16.1 Å². The first-order chi connectivity index (χ1) is 11.0. The summed E-state index contributed by atoms with van der Waals surface area (Å²) < 4.78 is 0. The number of hydrogen-bond acceptors (Lipinski definition) is 4. The normalized spacial score (nSPS) is 22.0. The number of nitrogens with one attached hydrogen (secondary N) is 2. The van der Waals surface area contributed by atoms with Gasteiger partial charge in [0.25, 0.3) is 0 Å². The Morgan fingerprint density at radius 2 is 2.04 bits per heavy atom. The van der Waals surface area contributed by atoms with Crippen LogP contribution in [-0.4, -0.2) is 42.1 Å². The van der Waals surface area contributed by atoms with Gasteiger partial charge in [0.1, 0.15) is 0 Å². The van der Waals surface area contributed by atoms with Crippen LogP contribution in [0.2, 0.25) is 0 Å². The number of piperidine rings is 1. The molecule has 2 N–H and O–H groups in total. The quantitative estimate of drug-likeness (QED) is 0.752. The minimum Gasteiger partial charge on any atom is -0.338 e. The Morgan fingerprint density at radius 1 is 1.30 bits per heavy atom. The van der Waals surface area contributed by atoms with Crippen molar-refractivity contribution >= 4 is 17.4 Å². The van der Waals surface area contributed by atoms with E-state index < -0.39 is 0 Å². The van der Waals surface area contributed by atoms with Crippen LogP contribution in [0, 0.1) is 18.8 Å². The molecule has 2 rings (SSSR count). The maximum absolute atomic E-state index is 11.7. The van der Waals surface area contributed by atoms with E-state index in [1.54, 1.807) is 11.3 Å². The largest absolute Gasteiger partial charge is 0.338 e. The average molecular weight is 339 g/mol. The van der Waals surface area contributed by atoms with Gasteiger partial charge >= 0.3 is 6.03 Å². The van der Waals surface area contributed by atoms with Crippen molar-refractivity contribution in [2.75, 3.05) is 26.2 Å². The molecule has 5 nitrogen and oxygen atoms in total. The summed E-state index contributed by atoms with van der Waals surface area (Å²) in [6.45, 7) is 11.6. The predicted octanol–water partition coefficient (Wildman–Crippen LogP) is 3.01. The smallest absolute Gasteiger partial charge is 0.315 e. The van der Waals surface area contributed by atoms with E-state index in [1.807, 2.05) is 13.1 Å². The third-order valence-electron chi connectivity index (χ3n) is 4.22. The zero-order valence-electron chi connectivity index (χ0n) is 14.6. The molecule has 1 fully saturated rings. The van der Waals surface area contributed by atoms with Crippen LogP contribution < -0.4 is 10.6 Å². The number of aromatic nitrogens is 1. The van der Waals surface area contributed by atoms with Crippen molar-refractivity contribution in [2.45, 2.75) is 46.6 Å². The molecule has 1 saturated heterocycles. The first-order valence-corrected chi connectivity index (χ1v) is 9.50. The van der Waals surface area contributed by atoms with Crippen LogP contribution in [0.25, 0.3) is 0 Å². The van der Waals surface area contributed by atoms with Gasteiger partial charge in [0.2, 0.25) is 0 Å². The molecule has 0 saturated carbocycles. The number of hydrogen-bond donors (Lipinski definition) is 2. The molecule has 6 heteroatoms. The highest BCUT2D eigenvalue weighted by atomic mass is 32.1. The van der Waals surface area contributed by atoms with E-state index in [0.717, 1.165) is 47.7 Å². The molecular formula is C17H30N4OS. The van der Waals surface area contributed by atoms with Crippen LogP contribution in [-0.2, 0) is 6.54 Å². The van der Waals surface area contributed by atoms with E-state index in [1.165, 1.54) is 19.5 Å². The number of likely N-dealkylation sites (tertiary alicyclic amines) is 1. The third-order valence-corrected chi connectivity index (χ3v) is 5.14. The van der Waals surface area contributed by atoms with Crippen molar-refractivity contribution in [1.82, 2.24) is 20.5 Å². The van der Waals surface area contributed by atoms with Gasteiger partial charge in [0.05, 0.1) is 11.6 Å². The molecule has 130 valence electrons. The van der Waals surface area contributed by atoms with Gasteiger partial charge in [-0.2, -0.15) is 0 Å². The number of carbonyl (C=O) groups is 1. The molecule has 1 aromatic heterocycles. The number of thiazole rings is 1. The minimum absolute atomic E-state index is 0.0868. The molecular weight excluding hydrogens is 308 g/mol. The standard InChI is InChI=1S/C17H30N4OS/c1-13-8-14(2)12-21(11-13)7-5-4-6-18-17(22)20-10-16-9-19-15(3)23-16/h9,13-14H,4-8,10-12H2,1-3H3,(H2,18,20,22). The Hall–Kier alpha value is -1.14. The highest BCUT2D eigenvalue weighted by Crippen LogP contribution is 2.20. The third kappa shape index (κ3) is 6.87. The number of carbonyl (C=O) groups excluding carboxylic acids is 1. The zero-order valence-corrected chi connectivity index (χ0v) is 15.4. The molecule has 0 spiro atoms. The second-order valence-corrected chi connectivity index (χ2v) is 8.19. The lowest BCUT2D eigenvalue weighted by Crippen LogP contribution is -2.39. The van der Waals surface area contributed by atoms with Gasteiger partial charge in [-0.05, 0) is 44.6 Å². The lowest BCUT2D eigenvalue weighted by molar-refractivity contribution is 0.139. The maximum Gasteiger partial charge on any atom is 0.315 e. The summed E-state index contributed by atoms with van der Waals surface area (Å²) in [5, 5.41) is 6.84. The molecule has 2 amide bonds. The summed E-state index contributed by atoms with van der Waals surface area (Å²) in [4.78, 5) is 19.6. The van der Waals surface area contributed by atoms with Gasteiger partial charge in [-0.1, -0.05) is 13.8 Å². The predicted molar refractivity (Wildman–Crippen MR) is 95.7 cm³/mol. The number of nitrogens with zero attached hydrogens (tertiary/aromatic N) is 2. The molecule has 0 aromatic carbocycles. The van der Waals surface area contributed by atoms with Gasteiger partial charge in [0.15, 0.2) is 0 Å². The molecule has 1 aliphatic heterocycles. The number of aryl methyl sites for hydroxylation is 1. The van der Waals surface area contributed by atoms with Crippen LogP contribution in [0.5, 0.6) is 0 Å². The molecule has 2 atom stereocenters. The number of rotatable bonds is 7. The van der Waals surface area contributed by atoms with Crippen molar-refractivity contribution in [2.24, 2.45) is 11.8 Å². The fraction of sp³-hybridized carbons (Fsp3) is 0.765. The van der Waals surface area contributed by atoms with Gasteiger partial charge in [-0.3, -0.25) is 0 Å². The summed E-state index contributed by atoms with van der Waals surface area (Å²) in [5.74, 6) is 1.64. The summed E-state index contributed by atoms with van der Waals surface area (Å²) in [6, 6.07) is -0.0868. The van der Waals surface area contributed by atoms with Crippen LogP contribution >= 0.6 is 11.3 Å². The molecule has 0 aliphatic carbocycles. The Bertz CT molecular complexity index is 481. The van der Waals surface area contributed by atoms with Gasteiger partial charge in [0, 0.05) is 30.7 Å². The Morgan fingerprint density at radius 3 is 2.70 bits per heavy atom. The Labute approximate surface area is 143 Å². The van der Waals surface area contributed by atoms with Crippen molar-refractivity contribution in [1.29, 1.82) is 0 Å². The summed E-state index contributed by atoms with van der Waals surface area (Å²) >= 11 is 1.62. The molecule has 1 aliphatic rings. The van der Waals surface area contributed by atoms with Crippen molar-refractivity contribution in [3.8, 4) is 0 Å². The van der Waals surface area contributed by atoms with E-state index >= 15 is 0 Å². The van der Waals surface area contributed by atoms with E-state index in [0.29, 0.717) is 6.54 Å². The van der Waals surface area contributed by atoms with E-state index in [9.17, 15) is 4.79 Å². The molecule has 1 aromatic rings. The minimum atomic E-state index is -0.0868. The van der Waals surface area contributed by atoms with Gasteiger partial charge < -0.3 is 15.5 Å². The number of urea groups is 1. The van der Waals surface area contributed by atoms with Gasteiger partial charge in [-0.15, -0.1) is 11.3 Å². The molecule has 0 bridgehead atoms. The second-order valence-electron chi connectivity index (χ2n) is 6.87. The van der Waals surface area contributed by atoms with Crippen molar-refractivity contribution in [3.63, 3.8) is 0 Å². The number of unbranched alkanes of at least 4 members (excludes halogenated alkanes) is 1. The Balaban J connectivity index is 1.50. The first kappa shape index (κ1) is 18.2. The molecule has 23 heavy (non-hydrogen) atoms. The average Bonchev–Trinajstić information content (AvgIpc) is 2.89. The molecule has 2 unspecified atom stereocenters. The zero-order chi connectivity index (χ0) is 16.7. The van der Waals surface area contributed by atoms with Gasteiger partial charge in [-0.25, -0.2) is 9.78 Å². The van der Waals surface area contributed by atoms with Crippen molar-refractivity contribution < 1.29 is 4.79 Å². The summed E-state index contributed by atoms with van der Waals surface area (Å²) in [5.41, 5.74) is 0. The topological polar surface area (TPSA) is 57.3 Å². The monoisotopic (exact) mass is 338 g/mol. The highest BCUT2D eigenvalue weighted by molar-refractivity contribution is 7.11. The maximum atomic E-state index is 11.7. The van der Waals surface area contributed by atoms with Crippen LogP contribution in [0.1, 0.15) is 43.0 Å². The lowest BCUT2D eigenvalue weighted by Gasteiger charge is -2.34.